The third kappa shape index (κ3) is 3.20. The molecule has 0 aromatic heterocycles. The summed E-state index contributed by atoms with van der Waals surface area (Å²) in [6.07, 6.45) is 3.17. The van der Waals surface area contributed by atoms with Crippen LogP contribution in [0.3, 0.4) is 0 Å². The highest BCUT2D eigenvalue weighted by Crippen LogP contribution is 2.65. The normalized spacial score (nSPS) is 34.0. The fourth-order valence-corrected chi connectivity index (χ4v) is 5.93. The van der Waals surface area contributed by atoms with Gasteiger partial charge in [0.2, 0.25) is 0 Å². The number of nitrogens with one attached hydrogen (secondary N) is 1. The molecule has 1 aromatic rings. The lowest BCUT2D eigenvalue weighted by molar-refractivity contribution is -0.199. The summed E-state index contributed by atoms with van der Waals surface area (Å²) in [5.74, 6) is 1.25. The first-order chi connectivity index (χ1) is 13.1. The van der Waals surface area contributed by atoms with Crippen molar-refractivity contribution in [1.82, 2.24) is 5.32 Å². The SMILES string of the molecule is CC(C)C[C@H](NC(=O)c1ccccc1Cl)B1O[C@@H]2CC3CC(C3(C)C)[C@]2(C)O1. The molecular weight excluding hydrogens is 373 g/mol. The van der Waals surface area contributed by atoms with Crippen molar-refractivity contribution < 1.29 is 14.1 Å². The second kappa shape index (κ2) is 7.03. The van der Waals surface area contributed by atoms with Gasteiger partial charge in [-0.3, -0.25) is 4.79 Å². The summed E-state index contributed by atoms with van der Waals surface area (Å²) in [5.41, 5.74) is 0.522. The van der Waals surface area contributed by atoms with Gasteiger partial charge in [0.1, 0.15) is 0 Å². The van der Waals surface area contributed by atoms with Gasteiger partial charge in [0, 0.05) is 0 Å². The third-order valence-corrected chi connectivity index (χ3v) is 7.79. The van der Waals surface area contributed by atoms with Gasteiger partial charge in [-0.15, -0.1) is 0 Å². The van der Waals surface area contributed by atoms with Crippen LogP contribution in [0, 0.1) is 23.2 Å². The number of amides is 1. The lowest BCUT2D eigenvalue weighted by atomic mass is 9.43. The summed E-state index contributed by atoms with van der Waals surface area (Å²) in [5, 5.41) is 3.61. The lowest BCUT2D eigenvalue weighted by Crippen LogP contribution is -2.65. The standard InChI is InChI=1S/C22H31BClNO3/c1-13(2)10-19(25-20(26)15-8-6-7-9-16(15)24)23-27-18-12-14-11-17(21(14,3)4)22(18,5)28-23/h6-9,13-14,17-19H,10-12H2,1-5H3,(H,25,26)/t14?,17?,18-,19+,22+/m1/s1. The number of halogens is 1. The molecule has 4 fully saturated rings. The average molecular weight is 404 g/mol. The van der Waals surface area contributed by atoms with E-state index >= 15 is 0 Å². The molecule has 0 radical (unpaired) electrons. The molecule has 2 bridgehead atoms. The summed E-state index contributed by atoms with van der Waals surface area (Å²) < 4.78 is 13.0. The first kappa shape index (κ1) is 20.2. The van der Waals surface area contributed by atoms with Crippen LogP contribution in [-0.4, -0.2) is 30.7 Å². The van der Waals surface area contributed by atoms with Crippen molar-refractivity contribution in [2.75, 3.05) is 0 Å². The van der Waals surface area contributed by atoms with E-state index in [0.29, 0.717) is 33.8 Å². The predicted octanol–water partition coefficient (Wildman–Crippen LogP) is 4.75. The van der Waals surface area contributed by atoms with Gasteiger partial charge in [-0.1, -0.05) is 51.4 Å². The minimum atomic E-state index is -0.418. The molecule has 3 aliphatic carbocycles. The molecule has 6 heteroatoms. The Bertz CT molecular complexity index is 770. The van der Waals surface area contributed by atoms with Crippen molar-refractivity contribution in [3.8, 4) is 0 Å². The van der Waals surface area contributed by atoms with Crippen molar-refractivity contribution in [2.45, 2.75) is 71.5 Å². The molecule has 1 saturated heterocycles. The number of carbonyl (C=O) groups is 1. The second-order valence-corrected chi connectivity index (χ2v) is 10.4. The molecule has 5 rings (SSSR count). The van der Waals surface area contributed by atoms with Gasteiger partial charge in [-0.2, -0.15) is 0 Å². The van der Waals surface area contributed by atoms with Crippen LogP contribution in [-0.2, 0) is 9.31 Å². The Morgan fingerprint density at radius 3 is 2.64 bits per heavy atom. The molecule has 1 aliphatic heterocycles. The van der Waals surface area contributed by atoms with Crippen LogP contribution in [0.1, 0.15) is 64.2 Å². The van der Waals surface area contributed by atoms with Gasteiger partial charge in [0.15, 0.2) is 0 Å². The maximum absolute atomic E-state index is 12.9. The first-order valence-corrected chi connectivity index (χ1v) is 10.9. The number of rotatable bonds is 5. The Morgan fingerprint density at radius 1 is 1.29 bits per heavy atom. The molecule has 1 N–H and O–H groups in total. The minimum Gasteiger partial charge on any atom is -0.404 e. The van der Waals surface area contributed by atoms with Crippen LogP contribution in [0.15, 0.2) is 24.3 Å². The van der Waals surface area contributed by atoms with E-state index in [-0.39, 0.29) is 23.6 Å². The van der Waals surface area contributed by atoms with Crippen molar-refractivity contribution in [3.05, 3.63) is 34.9 Å². The zero-order valence-corrected chi connectivity index (χ0v) is 18.3. The summed E-state index contributed by atoms with van der Waals surface area (Å²) >= 11 is 6.22. The van der Waals surface area contributed by atoms with E-state index in [1.807, 2.05) is 12.1 Å². The zero-order valence-electron chi connectivity index (χ0n) is 17.5. The maximum atomic E-state index is 12.9. The highest BCUT2D eigenvalue weighted by Gasteiger charge is 2.68. The van der Waals surface area contributed by atoms with Crippen LogP contribution < -0.4 is 5.32 Å². The second-order valence-electron chi connectivity index (χ2n) is 10.0. The highest BCUT2D eigenvalue weighted by atomic mass is 35.5. The Balaban J connectivity index is 1.53. The Kier molecular flexibility index (Phi) is 5.09. The molecule has 28 heavy (non-hydrogen) atoms. The average Bonchev–Trinajstić information content (AvgIpc) is 2.98. The van der Waals surface area contributed by atoms with E-state index in [1.165, 1.54) is 6.42 Å². The fourth-order valence-electron chi connectivity index (χ4n) is 5.71. The van der Waals surface area contributed by atoms with E-state index in [4.69, 9.17) is 20.9 Å². The van der Waals surface area contributed by atoms with Gasteiger partial charge < -0.3 is 14.6 Å². The molecule has 1 amide bonds. The van der Waals surface area contributed by atoms with Gasteiger partial charge in [0.05, 0.1) is 28.2 Å². The van der Waals surface area contributed by atoms with E-state index < -0.39 is 7.12 Å². The quantitative estimate of drug-likeness (QED) is 0.722. The van der Waals surface area contributed by atoms with E-state index in [9.17, 15) is 4.79 Å². The molecule has 2 unspecified atom stereocenters. The van der Waals surface area contributed by atoms with Crippen LogP contribution >= 0.6 is 11.6 Å². The number of benzene rings is 1. The predicted molar refractivity (Wildman–Crippen MR) is 112 cm³/mol. The fraction of sp³-hybridized carbons (Fsp3) is 0.682. The first-order valence-electron chi connectivity index (χ1n) is 10.5. The van der Waals surface area contributed by atoms with Crippen LogP contribution in [0.25, 0.3) is 0 Å². The van der Waals surface area contributed by atoms with Crippen LogP contribution in [0.5, 0.6) is 0 Å². The van der Waals surface area contributed by atoms with Gasteiger partial charge in [0.25, 0.3) is 5.91 Å². The van der Waals surface area contributed by atoms with Crippen LogP contribution in [0.2, 0.25) is 5.02 Å². The highest BCUT2D eigenvalue weighted by molar-refractivity contribution is 6.48. The topological polar surface area (TPSA) is 47.6 Å². The monoisotopic (exact) mass is 403 g/mol. The van der Waals surface area contributed by atoms with Gasteiger partial charge in [-0.05, 0) is 61.5 Å². The number of carbonyl (C=O) groups excluding carboxylic acids is 1. The van der Waals surface area contributed by atoms with Crippen molar-refractivity contribution in [3.63, 3.8) is 0 Å². The largest absolute Gasteiger partial charge is 0.481 e. The molecule has 152 valence electrons. The summed E-state index contributed by atoms with van der Waals surface area (Å²) in [4.78, 5) is 12.9. The number of hydrogen-bond acceptors (Lipinski definition) is 3. The Labute approximate surface area is 173 Å². The molecule has 5 atom stereocenters. The zero-order chi connectivity index (χ0) is 20.3. The summed E-state index contributed by atoms with van der Waals surface area (Å²) in [7, 11) is -0.418. The molecule has 4 nitrogen and oxygen atoms in total. The lowest BCUT2D eigenvalue weighted by Gasteiger charge is -2.64. The molecule has 4 aliphatic rings. The molecule has 1 aromatic carbocycles. The minimum absolute atomic E-state index is 0.112. The molecule has 1 heterocycles. The van der Waals surface area contributed by atoms with E-state index in [0.717, 1.165) is 12.8 Å². The maximum Gasteiger partial charge on any atom is 0.481 e. The van der Waals surface area contributed by atoms with Crippen molar-refractivity contribution in [1.29, 1.82) is 0 Å². The molecular formula is C22H31BClNO3. The third-order valence-electron chi connectivity index (χ3n) is 7.46. The molecule has 3 saturated carbocycles. The smallest absolute Gasteiger partial charge is 0.404 e. The summed E-state index contributed by atoms with van der Waals surface area (Å²) in [6.45, 7) is 11.2. The van der Waals surface area contributed by atoms with Crippen molar-refractivity contribution >= 4 is 24.6 Å². The van der Waals surface area contributed by atoms with E-state index in [2.05, 4.69) is 39.9 Å². The number of hydrogen-bond donors (Lipinski definition) is 1. The van der Waals surface area contributed by atoms with Gasteiger partial charge >= 0.3 is 7.12 Å². The Morgan fingerprint density at radius 2 is 2.00 bits per heavy atom. The van der Waals surface area contributed by atoms with E-state index in [1.54, 1.807) is 12.1 Å². The van der Waals surface area contributed by atoms with Gasteiger partial charge in [-0.25, -0.2) is 0 Å². The van der Waals surface area contributed by atoms with Crippen LogP contribution in [0.4, 0.5) is 0 Å². The Hall–Kier alpha value is -1.04. The summed E-state index contributed by atoms with van der Waals surface area (Å²) in [6, 6.07) is 7.14. The molecule has 0 spiro atoms. The van der Waals surface area contributed by atoms with Crippen molar-refractivity contribution in [2.24, 2.45) is 23.2 Å².